The van der Waals surface area contributed by atoms with E-state index in [1.165, 1.54) is 0 Å². The maximum Gasteiger partial charge on any atom is 0.419 e. The number of hydrogen-bond donors (Lipinski definition) is 4. The molecule has 0 radical (unpaired) electrons. The minimum absolute atomic E-state index is 0.0162. The third-order valence-electron chi connectivity index (χ3n) is 17.3. The Morgan fingerprint density at radius 3 is 0.947 bits per heavy atom. The van der Waals surface area contributed by atoms with Crippen LogP contribution in [0.15, 0.2) is 194 Å². The van der Waals surface area contributed by atoms with Gasteiger partial charge >= 0.3 is 60.2 Å². The number of esters is 6. The maximum absolute atomic E-state index is 12.8. The summed E-state index contributed by atoms with van der Waals surface area (Å²) in [6.07, 6.45) is 1.52. The first kappa shape index (κ1) is 83.2. The van der Waals surface area contributed by atoms with E-state index in [-0.39, 0.29) is 135 Å². The van der Waals surface area contributed by atoms with Crippen LogP contribution in [0, 0.1) is 0 Å². The maximum atomic E-state index is 12.8. The van der Waals surface area contributed by atoms with Crippen molar-refractivity contribution >= 4 is 82.9 Å². The lowest BCUT2D eigenvalue weighted by atomic mass is 9.99. The number of hydrogen-bond acceptors (Lipinski definition) is 22. The minimum Gasteiger partial charge on any atom is -0.465 e. The zero-order valence-electron chi connectivity index (χ0n) is 62.7. The van der Waals surface area contributed by atoms with Crippen molar-refractivity contribution in [3.63, 3.8) is 0 Å². The molecule has 4 N–H and O–H groups in total. The highest BCUT2D eigenvalue weighted by atomic mass is 16.6. The number of epoxide rings is 2. The smallest absolute Gasteiger partial charge is 0.419 e. The average Bonchev–Trinajstić information content (AvgIpc) is 1.59. The van der Waals surface area contributed by atoms with Crippen molar-refractivity contribution in [2.24, 2.45) is 0 Å². The summed E-state index contributed by atoms with van der Waals surface area (Å²) >= 11 is 0. The molecule has 0 bridgehead atoms. The summed E-state index contributed by atoms with van der Waals surface area (Å²) in [6.45, 7) is 2.16. The summed E-state index contributed by atoms with van der Waals surface area (Å²) in [5.41, 5.74) is 12.8. The van der Waals surface area contributed by atoms with Gasteiger partial charge in [0.25, 0.3) is 0 Å². The number of ether oxygens (including phenoxy) is 12. The van der Waals surface area contributed by atoms with E-state index in [0.717, 1.165) is 66.8 Å². The first-order valence-electron chi connectivity index (χ1n) is 37.6. The molecule has 26 nitrogen and oxygen atoms in total. The molecule has 2 aliphatic rings. The van der Waals surface area contributed by atoms with Gasteiger partial charge in [0.1, 0.15) is 38.6 Å². The highest BCUT2D eigenvalue weighted by Crippen LogP contribution is 2.23. The van der Waals surface area contributed by atoms with Crippen molar-refractivity contribution in [3.05, 3.63) is 261 Å². The zero-order valence-corrected chi connectivity index (χ0v) is 62.7. The molecule has 0 aromatic heterocycles. The van der Waals surface area contributed by atoms with Gasteiger partial charge in [0.2, 0.25) is 0 Å². The largest absolute Gasteiger partial charge is 0.465 e. The molecule has 0 aliphatic carbocycles. The van der Waals surface area contributed by atoms with Gasteiger partial charge in [-0.25, -0.2) is 19.2 Å². The number of carbonyl (C=O) groups is 10. The molecule has 8 aromatic rings. The average molecular weight is 1550 g/mol. The molecule has 113 heavy (non-hydrogen) atoms. The molecule has 10 rings (SSSR count). The summed E-state index contributed by atoms with van der Waals surface area (Å²) in [7, 11) is 0. The highest BCUT2D eigenvalue weighted by Gasteiger charge is 2.26. The molecule has 2 unspecified atom stereocenters. The Bertz CT molecular complexity index is 4540. The summed E-state index contributed by atoms with van der Waals surface area (Å²) in [5, 5.41) is 10.8. The number of benzene rings is 8. The fraction of sp³-hybridized carbons (Fsp3) is 0.333. The Morgan fingerprint density at radius 1 is 0.274 bits per heavy atom. The Kier molecular flexibility index (Phi) is 33.3. The van der Waals surface area contributed by atoms with E-state index in [0.29, 0.717) is 87.3 Å². The Balaban J connectivity index is 0.507. The van der Waals surface area contributed by atoms with Gasteiger partial charge in [-0.1, -0.05) is 146 Å². The van der Waals surface area contributed by atoms with Crippen LogP contribution in [-0.4, -0.2) is 152 Å². The Morgan fingerprint density at radius 2 is 0.558 bits per heavy atom. The van der Waals surface area contributed by atoms with E-state index >= 15 is 0 Å². The number of anilines is 4. The van der Waals surface area contributed by atoms with Crippen LogP contribution < -0.4 is 21.3 Å². The highest BCUT2D eigenvalue weighted by molar-refractivity contribution is 5.93. The lowest BCUT2D eigenvalue weighted by Crippen LogP contribution is -2.18. The molecule has 2 fully saturated rings. The van der Waals surface area contributed by atoms with E-state index in [1.54, 1.807) is 48.5 Å². The van der Waals surface area contributed by atoms with Gasteiger partial charge in [0, 0.05) is 42.0 Å². The lowest BCUT2D eigenvalue weighted by molar-refractivity contribution is -0.146. The second kappa shape index (κ2) is 45.2. The zero-order chi connectivity index (χ0) is 79.2. The van der Waals surface area contributed by atoms with Crippen molar-refractivity contribution in [2.45, 2.75) is 109 Å². The van der Waals surface area contributed by atoms with E-state index in [9.17, 15) is 47.9 Å². The predicted octanol–water partition coefficient (Wildman–Crippen LogP) is 13.3. The van der Waals surface area contributed by atoms with Crippen LogP contribution in [0.2, 0.25) is 0 Å². The van der Waals surface area contributed by atoms with Crippen molar-refractivity contribution < 1.29 is 105 Å². The molecule has 8 aromatic carbocycles. The molecule has 2 saturated heterocycles. The molecular formula is C87H92N4O22. The first-order chi connectivity index (χ1) is 55.0. The molecule has 0 saturated carbocycles. The second-order valence-corrected chi connectivity index (χ2v) is 27.0. The normalized spacial score (nSPS) is 13.0. The Labute approximate surface area is 654 Å². The van der Waals surface area contributed by atoms with Gasteiger partial charge in [-0.3, -0.25) is 50.0 Å². The minimum atomic E-state index is -0.957. The SMILES string of the molecule is O=C(CCCCC(=O)OC(=O)Nc1cccc(Cc2cccc(CC(=O)OCCCOC(=O)Cc3cccc(Cc4cccc(CC(=O)OCC5CO5)c4)c3)c2)c1)OCCOCCOC(=O)Nc1cccc(Cc2cccc(NC(=O)OCCCCOC(=O)Cc3cccc(Cc4cccc(NC(=O)OCC5CO5)c4)c3)c2)c1. The van der Waals surface area contributed by atoms with Crippen LogP contribution in [0.3, 0.4) is 0 Å². The van der Waals surface area contributed by atoms with E-state index < -0.39 is 48.3 Å². The van der Waals surface area contributed by atoms with Crippen LogP contribution in [0.5, 0.6) is 0 Å². The van der Waals surface area contributed by atoms with Crippen molar-refractivity contribution in [1.82, 2.24) is 0 Å². The molecule has 2 heterocycles. The van der Waals surface area contributed by atoms with Gasteiger partial charge in [-0.05, 0) is 167 Å². The van der Waals surface area contributed by atoms with Crippen LogP contribution in [0.4, 0.5) is 41.9 Å². The molecule has 4 amide bonds. The van der Waals surface area contributed by atoms with Gasteiger partial charge in [0.05, 0.1) is 78.5 Å². The van der Waals surface area contributed by atoms with Gasteiger partial charge < -0.3 is 56.8 Å². The number of nitrogens with one attached hydrogen (secondary N) is 4. The fourth-order valence-electron chi connectivity index (χ4n) is 11.8. The standard InChI is InChI=1S/C87H92N4O22/c92-78(30-1-2-31-79(93)113-87(101)91-75-29-12-23-65(51-75)42-63-17-8-20-70(46-63)54-82(96)105-35-13-34-104-81(95)53-68-18-5-14-60(43-68)40-61-15-6-21-71(44-61)55-83(97)111-58-76-56-109-76)106-38-36-102-37-39-108-85(99)89-73-27-11-25-67(50-73)47-66-24-10-26-72(49-66)88-84(98)107-33-4-3-32-103-80(94)52-69-19-7-16-62(45-69)41-64-22-9-28-74(48-64)90-86(100)112-59-77-57-110-77/h5-12,14-29,43-46,48-51,76-77H,1-4,13,30-42,47,52-59H2,(H,88,98)(H,89,99)(H,90,100)(H,91,101). The van der Waals surface area contributed by atoms with Crippen molar-refractivity contribution in [1.29, 1.82) is 0 Å². The summed E-state index contributed by atoms with van der Waals surface area (Å²) in [5.74, 6) is -2.76. The van der Waals surface area contributed by atoms with Crippen molar-refractivity contribution in [2.75, 3.05) is 101 Å². The van der Waals surface area contributed by atoms with Crippen LogP contribution in [-0.2, 0) is 137 Å². The molecule has 2 atom stereocenters. The number of carbonyl (C=O) groups excluding carboxylic acids is 10. The van der Waals surface area contributed by atoms with Crippen molar-refractivity contribution in [3.8, 4) is 0 Å². The third kappa shape index (κ3) is 33.1. The lowest BCUT2D eigenvalue weighted by Gasteiger charge is -2.11. The summed E-state index contributed by atoms with van der Waals surface area (Å²) in [4.78, 5) is 125. The number of amides is 4. The molecule has 592 valence electrons. The van der Waals surface area contributed by atoms with Gasteiger partial charge in [0.15, 0.2) is 0 Å². The molecule has 0 spiro atoms. The van der Waals surface area contributed by atoms with E-state index in [1.807, 2.05) is 146 Å². The van der Waals surface area contributed by atoms with E-state index in [4.69, 9.17) is 56.8 Å². The summed E-state index contributed by atoms with van der Waals surface area (Å²) in [6, 6.07) is 59.6. The van der Waals surface area contributed by atoms with Gasteiger partial charge in [-0.2, -0.15) is 0 Å². The van der Waals surface area contributed by atoms with E-state index in [2.05, 4.69) is 21.3 Å². The monoisotopic (exact) mass is 1540 g/mol. The molecular weight excluding hydrogens is 1450 g/mol. The molecule has 2 aliphatic heterocycles. The number of unbranched alkanes of at least 4 members (excludes halogenated alkanes) is 2. The van der Waals surface area contributed by atoms with Crippen LogP contribution in [0.1, 0.15) is 112 Å². The quantitative estimate of drug-likeness (QED) is 0.00906. The third-order valence-corrected chi connectivity index (χ3v) is 17.3. The second-order valence-electron chi connectivity index (χ2n) is 27.0. The fourth-order valence-corrected chi connectivity index (χ4v) is 11.8. The van der Waals surface area contributed by atoms with Crippen LogP contribution >= 0.6 is 0 Å². The summed E-state index contributed by atoms with van der Waals surface area (Å²) < 4.78 is 63.2. The van der Waals surface area contributed by atoms with Gasteiger partial charge in [-0.15, -0.1) is 0 Å². The van der Waals surface area contributed by atoms with Crippen LogP contribution in [0.25, 0.3) is 0 Å². The topological polar surface area (TPSA) is 336 Å². The molecule has 26 heteroatoms. The Hall–Kier alpha value is -12.3. The predicted molar refractivity (Wildman–Crippen MR) is 415 cm³/mol. The first-order valence-corrected chi connectivity index (χ1v) is 37.6. The number of rotatable bonds is 44.